The number of hydrogen-bond acceptors (Lipinski definition) is 4. The summed E-state index contributed by atoms with van der Waals surface area (Å²) in [6.07, 6.45) is 3.19. The number of halogens is 1. The highest BCUT2D eigenvalue weighted by molar-refractivity contribution is 6.62. The second-order valence-corrected chi connectivity index (χ2v) is 8.32. The third kappa shape index (κ3) is 3.30. The fourth-order valence-electron chi connectivity index (χ4n) is 3.02. The van der Waals surface area contributed by atoms with Gasteiger partial charge in [-0.15, -0.1) is 0 Å². The average Bonchev–Trinajstić information content (AvgIpc) is 3.13. The number of pyridine rings is 1. The van der Waals surface area contributed by atoms with Gasteiger partial charge in [0.05, 0.1) is 22.4 Å². The molecule has 0 atom stereocenters. The van der Waals surface area contributed by atoms with Crippen molar-refractivity contribution >= 4 is 41.4 Å². The van der Waals surface area contributed by atoms with Gasteiger partial charge in [-0.25, -0.2) is 4.98 Å². The van der Waals surface area contributed by atoms with Gasteiger partial charge in [-0.2, -0.15) is 0 Å². The summed E-state index contributed by atoms with van der Waals surface area (Å²) in [4.78, 5) is 16.9. The molecule has 0 bridgehead atoms. The van der Waals surface area contributed by atoms with Gasteiger partial charge in [0.2, 0.25) is 0 Å². The maximum Gasteiger partial charge on any atom is 0.494 e. The van der Waals surface area contributed by atoms with Crippen molar-refractivity contribution in [1.29, 1.82) is 0 Å². The molecule has 3 aromatic rings. The van der Waals surface area contributed by atoms with Crippen LogP contribution in [-0.2, 0) is 9.31 Å². The molecule has 1 aliphatic heterocycles. The van der Waals surface area contributed by atoms with Gasteiger partial charge < -0.3 is 14.6 Å². The molecule has 1 amide bonds. The second-order valence-electron chi connectivity index (χ2n) is 7.88. The number of hydrogen-bond donors (Lipinski definition) is 1. The van der Waals surface area contributed by atoms with E-state index < -0.39 is 18.3 Å². The first kappa shape index (κ1) is 19.0. The second kappa shape index (κ2) is 6.62. The number of nitrogens with zero attached hydrogens (tertiary/aromatic N) is 2. The minimum atomic E-state index is -0.435. The van der Waals surface area contributed by atoms with Gasteiger partial charge in [-0.3, -0.25) is 9.20 Å². The standard InChI is InChI=1S/C20H21BClN3O3/c1-19(2)20(3,4)28-21(27-19)13-5-8-15(9-6-13)24-18(26)16-11-23-17-10-7-14(22)12-25(16)17/h5-12H,1-4H3,(H,24,26). The zero-order chi connectivity index (χ0) is 20.1. The van der Waals surface area contributed by atoms with Crippen LogP contribution in [0.1, 0.15) is 38.2 Å². The lowest BCUT2D eigenvalue weighted by Crippen LogP contribution is -2.41. The summed E-state index contributed by atoms with van der Waals surface area (Å²) in [5, 5.41) is 3.42. The maximum absolute atomic E-state index is 12.6. The smallest absolute Gasteiger partial charge is 0.399 e. The summed E-state index contributed by atoms with van der Waals surface area (Å²) in [6, 6.07) is 10.9. The van der Waals surface area contributed by atoms with Crippen molar-refractivity contribution in [3.8, 4) is 0 Å². The van der Waals surface area contributed by atoms with E-state index >= 15 is 0 Å². The zero-order valence-corrected chi connectivity index (χ0v) is 16.9. The summed E-state index contributed by atoms with van der Waals surface area (Å²) in [5.41, 5.74) is 1.85. The van der Waals surface area contributed by atoms with Gasteiger partial charge in [0.15, 0.2) is 0 Å². The predicted molar refractivity (Wildman–Crippen MR) is 110 cm³/mol. The first-order valence-electron chi connectivity index (χ1n) is 9.06. The van der Waals surface area contributed by atoms with E-state index in [1.54, 1.807) is 22.7 Å². The van der Waals surface area contributed by atoms with Gasteiger partial charge in [0.1, 0.15) is 11.3 Å². The van der Waals surface area contributed by atoms with Gasteiger partial charge in [-0.1, -0.05) is 23.7 Å². The highest BCUT2D eigenvalue weighted by atomic mass is 35.5. The minimum absolute atomic E-state index is 0.266. The Morgan fingerprint density at radius 2 is 1.71 bits per heavy atom. The first-order chi connectivity index (χ1) is 13.2. The molecule has 1 saturated heterocycles. The highest BCUT2D eigenvalue weighted by Crippen LogP contribution is 2.36. The van der Waals surface area contributed by atoms with Crippen molar-refractivity contribution in [2.24, 2.45) is 0 Å². The maximum atomic E-state index is 12.6. The molecule has 144 valence electrons. The number of amides is 1. The zero-order valence-electron chi connectivity index (χ0n) is 16.2. The number of carbonyl (C=O) groups is 1. The fourth-order valence-corrected chi connectivity index (χ4v) is 3.18. The van der Waals surface area contributed by atoms with E-state index in [-0.39, 0.29) is 5.91 Å². The fraction of sp³-hybridized carbons (Fsp3) is 0.300. The quantitative estimate of drug-likeness (QED) is 0.687. The normalized spacial score (nSPS) is 17.8. The number of aromatic nitrogens is 2. The topological polar surface area (TPSA) is 64.9 Å². The Hall–Kier alpha value is -2.35. The Balaban J connectivity index is 1.50. The molecule has 8 heteroatoms. The van der Waals surface area contributed by atoms with Crippen molar-refractivity contribution in [3.05, 3.63) is 59.5 Å². The van der Waals surface area contributed by atoms with Crippen LogP contribution in [0, 0.1) is 0 Å². The van der Waals surface area contributed by atoms with Crippen LogP contribution in [0.3, 0.4) is 0 Å². The molecule has 0 saturated carbocycles. The molecule has 1 aromatic carbocycles. The monoisotopic (exact) mass is 397 g/mol. The van der Waals surface area contributed by atoms with Gasteiger partial charge >= 0.3 is 7.12 Å². The van der Waals surface area contributed by atoms with Crippen LogP contribution in [0.5, 0.6) is 0 Å². The molecular weight excluding hydrogens is 377 g/mol. The predicted octanol–water partition coefficient (Wildman–Crippen LogP) is 3.54. The molecule has 1 aliphatic rings. The van der Waals surface area contributed by atoms with E-state index in [4.69, 9.17) is 20.9 Å². The lowest BCUT2D eigenvalue weighted by atomic mass is 9.79. The van der Waals surface area contributed by atoms with E-state index in [0.717, 1.165) is 5.46 Å². The van der Waals surface area contributed by atoms with E-state index in [1.807, 2.05) is 52.0 Å². The van der Waals surface area contributed by atoms with Crippen molar-refractivity contribution in [2.75, 3.05) is 5.32 Å². The molecule has 6 nitrogen and oxygen atoms in total. The molecule has 2 aromatic heterocycles. The molecule has 4 rings (SSSR count). The SMILES string of the molecule is CC1(C)OB(c2ccc(NC(=O)c3cnc4ccc(Cl)cn34)cc2)OC1(C)C. The lowest BCUT2D eigenvalue weighted by Gasteiger charge is -2.32. The molecule has 0 spiro atoms. The van der Waals surface area contributed by atoms with E-state index in [2.05, 4.69) is 10.3 Å². The Bertz CT molecular complexity index is 1030. The number of imidazole rings is 1. The van der Waals surface area contributed by atoms with E-state index in [0.29, 0.717) is 22.1 Å². The molecule has 0 radical (unpaired) electrons. The molecule has 3 heterocycles. The number of benzene rings is 1. The minimum Gasteiger partial charge on any atom is -0.399 e. The molecule has 1 fully saturated rings. The van der Waals surface area contributed by atoms with Crippen LogP contribution in [0.4, 0.5) is 5.69 Å². The Morgan fingerprint density at radius 3 is 2.36 bits per heavy atom. The lowest BCUT2D eigenvalue weighted by molar-refractivity contribution is 0.00578. The molecule has 1 N–H and O–H groups in total. The van der Waals surface area contributed by atoms with Crippen molar-refractivity contribution in [3.63, 3.8) is 0 Å². The molecule has 0 aliphatic carbocycles. The van der Waals surface area contributed by atoms with Crippen molar-refractivity contribution in [1.82, 2.24) is 9.38 Å². The van der Waals surface area contributed by atoms with Crippen molar-refractivity contribution < 1.29 is 14.1 Å². The van der Waals surface area contributed by atoms with Crippen LogP contribution in [0.15, 0.2) is 48.8 Å². The number of carbonyl (C=O) groups excluding carboxylic acids is 1. The van der Waals surface area contributed by atoms with E-state index in [9.17, 15) is 4.79 Å². The Morgan fingerprint density at radius 1 is 1.07 bits per heavy atom. The average molecular weight is 398 g/mol. The highest BCUT2D eigenvalue weighted by Gasteiger charge is 2.51. The summed E-state index contributed by atoms with van der Waals surface area (Å²) >= 11 is 6.03. The summed E-state index contributed by atoms with van der Waals surface area (Å²) in [5.74, 6) is -0.266. The molecule has 28 heavy (non-hydrogen) atoms. The van der Waals surface area contributed by atoms with Gasteiger partial charge in [0, 0.05) is 11.9 Å². The number of fused-ring (bicyclic) bond motifs is 1. The van der Waals surface area contributed by atoms with Crippen LogP contribution < -0.4 is 10.8 Å². The summed E-state index contributed by atoms with van der Waals surface area (Å²) in [7, 11) is -0.435. The van der Waals surface area contributed by atoms with Crippen molar-refractivity contribution in [2.45, 2.75) is 38.9 Å². The van der Waals surface area contributed by atoms with Crippen LogP contribution >= 0.6 is 11.6 Å². The first-order valence-corrected chi connectivity index (χ1v) is 9.44. The molecular formula is C20H21BClN3O3. The number of nitrogens with one attached hydrogen (secondary N) is 1. The third-order valence-corrected chi connectivity index (χ3v) is 5.62. The van der Waals surface area contributed by atoms with Crippen LogP contribution in [0.25, 0.3) is 5.65 Å². The summed E-state index contributed by atoms with van der Waals surface area (Å²) in [6.45, 7) is 8.07. The van der Waals surface area contributed by atoms with Gasteiger partial charge in [-0.05, 0) is 57.4 Å². The largest absolute Gasteiger partial charge is 0.494 e. The third-order valence-electron chi connectivity index (χ3n) is 5.40. The number of anilines is 1. The van der Waals surface area contributed by atoms with E-state index in [1.165, 1.54) is 6.20 Å². The van der Waals surface area contributed by atoms with Crippen LogP contribution in [0.2, 0.25) is 5.02 Å². The number of rotatable bonds is 3. The Kier molecular flexibility index (Phi) is 4.49. The van der Waals surface area contributed by atoms with Gasteiger partial charge in [0.25, 0.3) is 5.91 Å². The summed E-state index contributed by atoms with van der Waals surface area (Å²) < 4.78 is 13.8. The molecule has 0 unspecified atom stereocenters. The van der Waals surface area contributed by atoms with Crippen LogP contribution in [-0.4, -0.2) is 33.6 Å². The Labute approximate surface area is 169 Å².